The van der Waals surface area contributed by atoms with Gasteiger partial charge in [-0.1, -0.05) is 176 Å². The predicted octanol–water partition coefficient (Wildman–Crippen LogP) is 12.8. The van der Waals surface area contributed by atoms with Gasteiger partial charge >= 0.3 is 0 Å². The lowest BCUT2D eigenvalue weighted by molar-refractivity contribution is 0.436. The summed E-state index contributed by atoms with van der Waals surface area (Å²) in [7, 11) is 0. The first-order valence-electron chi connectivity index (χ1n) is 18.4. The Morgan fingerprint density at radius 3 is 1.72 bits per heavy atom. The summed E-state index contributed by atoms with van der Waals surface area (Å²) >= 11 is 0. The maximum Gasteiger partial charge on any atom is 0.160 e. The van der Waals surface area contributed by atoms with E-state index >= 15 is 0 Å². The summed E-state index contributed by atoms with van der Waals surface area (Å²) in [6, 6.07) is 68.8. The molecule has 0 radical (unpaired) electrons. The Hall–Kier alpha value is -7.10. The summed E-state index contributed by atoms with van der Waals surface area (Å²) in [5.74, 6) is 2.46. The van der Waals surface area contributed by atoms with Gasteiger partial charge in [-0.15, -0.1) is 0 Å². The van der Waals surface area contributed by atoms with Crippen molar-refractivity contribution in [3.05, 3.63) is 216 Å². The molecule has 1 aliphatic heterocycles. The zero-order valence-corrected chi connectivity index (χ0v) is 29.3. The lowest BCUT2D eigenvalue weighted by Gasteiger charge is -2.39. The smallest absolute Gasteiger partial charge is 0.160 e. The van der Waals surface area contributed by atoms with Crippen molar-refractivity contribution in [3.63, 3.8) is 0 Å². The predicted molar refractivity (Wildman–Crippen MR) is 219 cm³/mol. The molecular weight excluding hydrogens is 657 g/mol. The average molecular weight is 689 g/mol. The molecule has 252 valence electrons. The molecule has 0 saturated heterocycles. The van der Waals surface area contributed by atoms with Crippen molar-refractivity contribution in [2.24, 2.45) is 0 Å². The number of benzene rings is 8. The molecule has 1 aromatic heterocycles. The standard InChI is InChI=1S/C51H32N2O/c1-2-14-35(15-3-1)46-32-47(41-20-12-16-34-13-4-5-17-38(34)41)53-50(52-46)36-27-25-33(26-28-36)37-29-30-45-49(31-37)54-48-24-11-10-23-44(48)51(45)42-21-8-6-18-39(42)40-19-7-9-22-43(40)51/h1-32H. The Morgan fingerprint density at radius 1 is 0.352 bits per heavy atom. The molecule has 1 aliphatic carbocycles. The molecule has 9 aromatic rings. The number of nitrogens with zero attached hydrogens (tertiary/aromatic N) is 2. The van der Waals surface area contributed by atoms with E-state index in [1.54, 1.807) is 0 Å². The topological polar surface area (TPSA) is 35.0 Å². The highest BCUT2D eigenvalue weighted by Gasteiger charge is 2.50. The van der Waals surface area contributed by atoms with E-state index in [1.807, 2.05) is 6.07 Å². The van der Waals surface area contributed by atoms with Gasteiger partial charge in [0.2, 0.25) is 0 Å². The molecule has 2 heterocycles. The fourth-order valence-corrected chi connectivity index (χ4v) is 8.77. The normalized spacial score (nSPS) is 13.1. The summed E-state index contributed by atoms with van der Waals surface area (Å²) in [5.41, 5.74) is 14.1. The van der Waals surface area contributed by atoms with Crippen LogP contribution in [0.2, 0.25) is 0 Å². The van der Waals surface area contributed by atoms with Gasteiger partial charge in [0.15, 0.2) is 5.82 Å². The average Bonchev–Trinajstić information content (AvgIpc) is 3.54. The SMILES string of the molecule is c1ccc(-c2cc(-c3cccc4ccccc34)nc(-c3ccc(-c4ccc5c(c4)Oc4ccccc4C54c5ccccc5-c5ccccc54)cc3)n2)cc1. The Balaban J connectivity index is 1.02. The summed E-state index contributed by atoms with van der Waals surface area (Å²) in [4.78, 5) is 10.3. The van der Waals surface area contributed by atoms with Crippen LogP contribution in [0.1, 0.15) is 22.3 Å². The number of ether oxygens (including phenoxy) is 1. The van der Waals surface area contributed by atoms with E-state index in [0.29, 0.717) is 5.82 Å². The van der Waals surface area contributed by atoms with Crippen molar-refractivity contribution in [1.29, 1.82) is 0 Å². The third-order valence-electron chi connectivity index (χ3n) is 11.2. The van der Waals surface area contributed by atoms with Gasteiger partial charge < -0.3 is 4.74 Å². The largest absolute Gasteiger partial charge is 0.457 e. The van der Waals surface area contributed by atoms with E-state index in [9.17, 15) is 0 Å². The number of aromatic nitrogens is 2. The summed E-state index contributed by atoms with van der Waals surface area (Å²) in [5, 5.41) is 2.35. The molecule has 8 aromatic carbocycles. The van der Waals surface area contributed by atoms with Crippen molar-refractivity contribution in [1.82, 2.24) is 9.97 Å². The van der Waals surface area contributed by atoms with Gasteiger partial charge in [-0.25, -0.2) is 9.97 Å². The molecule has 0 atom stereocenters. The monoisotopic (exact) mass is 688 g/mol. The van der Waals surface area contributed by atoms with Gasteiger partial charge in [0, 0.05) is 27.8 Å². The molecule has 0 unspecified atom stereocenters. The summed E-state index contributed by atoms with van der Waals surface area (Å²) < 4.78 is 6.77. The fourth-order valence-electron chi connectivity index (χ4n) is 8.77. The van der Waals surface area contributed by atoms with E-state index < -0.39 is 5.41 Å². The van der Waals surface area contributed by atoms with Crippen molar-refractivity contribution in [2.75, 3.05) is 0 Å². The molecule has 0 amide bonds. The minimum atomic E-state index is -0.470. The number of hydrogen-bond donors (Lipinski definition) is 0. The van der Waals surface area contributed by atoms with Crippen LogP contribution < -0.4 is 4.74 Å². The molecule has 11 rings (SSSR count). The third-order valence-corrected chi connectivity index (χ3v) is 11.2. The van der Waals surface area contributed by atoms with Crippen LogP contribution in [0.25, 0.3) is 66.9 Å². The Morgan fingerprint density at radius 2 is 0.926 bits per heavy atom. The molecular formula is C51H32N2O. The maximum atomic E-state index is 6.77. The highest BCUT2D eigenvalue weighted by Crippen LogP contribution is 2.62. The maximum absolute atomic E-state index is 6.77. The molecule has 0 N–H and O–H groups in total. The Kier molecular flexibility index (Phi) is 6.77. The van der Waals surface area contributed by atoms with Gasteiger partial charge in [-0.2, -0.15) is 0 Å². The van der Waals surface area contributed by atoms with Gasteiger partial charge in [0.05, 0.1) is 16.8 Å². The Bertz CT molecular complexity index is 2860. The van der Waals surface area contributed by atoms with E-state index in [-0.39, 0.29) is 0 Å². The number of para-hydroxylation sites is 1. The zero-order chi connectivity index (χ0) is 35.6. The lowest BCUT2D eigenvalue weighted by atomic mass is 9.66. The molecule has 2 aliphatic rings. The van der Waals surface area contributed by atoms with Crippen LogP contribution >= 0.6 is 0 Å². The molecule has 54 heavy (non-hydrogen) atoms. The first-order valence-corrected chi connectivity index (χ1v) is 18.4. The molecule has 1 spiro atoms. The van der Waals surface area contributed by atoms with E-state index in [2.05, 4.69) is 188 Å². The van der Waals surface area contributed by atoms with Crippen LogP contribution in [-0.4, -0.2) is 9.97 Å². The number of rotatable bonds is 4. The minimum Gasteiger partial charge on any atom is -0.457 e. The van der Waals surface area contributed by atoms with Crippen molar-refractivity contribution >= 4 is 10.8 Å². The van der Waals surface area contributed by atoms with Gasteiger partial charge in [-0.05, 0) is 62.4 Å². The molecule has 3 nitrogen and oxygen atoms in total. The quantitative estimate of drug-likeness (QED) is 0.185. The first kappa shape index (κ1) is 30.5. The van der Waals surface area contributed by atoms with Gasteiger partial charge in [0.1, 0.15) is 11.5 Å². The van der Waals surface area contributed by atoms with Gasteiger partial charge in [-0.3, -0.25) is 0 Å². The number of fused-ring (bicyclic) bond motifs is 10. The first-order chi connectivity index (χ1) is 26.8. The minimum absolute atomic E-state index is 0.470. The van der Waals surface area contributed by atoms with Gasteiger partial charge in [0.25, 0.3) is 0 Å². The van der Waals surface area contributed by atoms with Crippen LogP contribution in [0.5, 0.6) is 11.5 Å². The second-order valence-corrected chi connectivity index (χ2v) is 14.1. The zero-order valence-electron chi connectivity index (χ0n) is 29.3. The van der Waals surface area contributed by atoms with Crippen molar-refractivity contribution in [3.8, 4) is 67.7 Å². The number of hydrogen-bond acceptors (Lipinski definition) is 3. The summed E-state index contributed by atoms with van der Waals surface area (Å²) in [6.07, 6.45) is 0. The van der Waals surface area contributed by atoms with Crippen LogP contribution in [0.15, 0.2) is 194 Å². The molecule has 3 heteroatoms. The molecule has 0 bridgehead atoms. The fraction of sp³-hybridized carbons (Fsp3) is 0.0196. The van der Waals surface area contributed by atoms with Crippen LogP contribution in [0.3, 0.4) is 0 Å². The van der Waals surface area contributed by atoms with E-state index in [1.165, 1.54) is 38.6 Å². The van der Waals surface area contributed by atoms with Crippen molar-refractivity contribution < 1.29 is 4.74 Å². The van der Waals surface area contributed by atoms with E-state index in [0.717, 1.165) is 56.3 Å². The van der Waals surface area contributed by atoms with Crippen molar-refractivity contribution in [2.45, 2.75) is 5.41 Å². The lowest BCUT2D eigenvalue weighted by Crippen LogP contribution is -2.32. The second-order valence-electron chi connectivity index (χ2n) is 14.1. The molecule has 0 saturated carbocycles. The highest BCUT2D eigenvalue weighted by atomic mass is 16.5. The van der Waals surface area contributed by atoms with Crippen LogP contribution in [0.4, 0.5) is 0 Å². The van der Waals surface area contributed by atoms with Crippen LogP contribution in [0, 0.1) is 0 Å². The Labute approximate surface area is 313 Å². The highest BCUT2D eigenvalue weighted by molar-refractivity contribution is 5.96. The van der Waals surface area contributed by atoms with Crippen LogP contribution in [-0.2, 0) is 5.41 Å². The van der Waals surface area contributed by atoms with E-state index in [4.69, 9.17) is 14.7 Å². The second kappa shape index (κ2) is 12.0. The molecule has 0 fully saturated rings. The third kappa shape index (κ3) is 4.55. The summed E-state index contributed by atoms with van der Waals surface area (Å²) in [6.45, 7) is 0.